The van der Waals surface area contributed by atoms with Crippen LogP contribution in [0.4, 0.5) is 5.82 Å². The number of methoxy groups -OCH3 is 1. The summed E-state index contributed by atoms with van der Waals surface area (Å²) < 4.78 is 14.9. The fraction of sp³-hybridized carbons (Fsp3) is 0.364. The van der Waals surface area contributed by atoms with E-state index in [4.69, 9.17) is 19.4 Å². The highest BCUT2D eigenvalue weighted by atomic mass is 16.5. The molecule has 1 saturated heterocycles. The zero-order valence-corrected chi connectivity index (χ0v) is 17.9. The summed E-state index contributed by atoms with van der Waals surface area (Å²) in [4.78, 5) is 16.6. The van der Waals surface area contributed by atoms with Gasteiger partial charge in [0, 0.05) is 19.3 Å². The Bertz CT molecular complexity index is 1200. The van der Waals surface area contributed by atoms with Gasteiger partial charge in [0.25, 0.3) is 5.95 Å². The van der Waals surface area contributed by atoms with Crippen molar-refractivity contribution in [2.45, 2.75) is 26.4 Å². The Labute approximate surface area is 180 Å². The van der Waals surface area contributed by atoms with Gasteiger partial charge in [-0.3, -0.25) is 0 Å². The summed E-state index contributed by atoms with van der Waals surface area (Å²) in [5, 5.41) is 4.62. The first kappa shape index (κ1) is 19.5. The van der Waals surface area contributed by atoms with Gasteiger partial charge >= 0.3 is 0 Å². The number of ether oxygens (including phenoxy) is 2. The van der Waals surface area contributed by atoms with Crippen molar-refractivity contribution in [2.24, 2.45) is 0 Å². The molecule has 160 valence electrons. The van der Waals surface area contributed by atoms with Crippen LogP contribution in [0, 0.1) is 0 Å². The van der Waals surface area contributed by atoms with Gasteiger partial charge in [-0.05, 0) is 19.4 Å². The highest BCUT2D eigenvalue weighted by molar-refractivity contribution is 5.84. The largest absolute Gasteiger partial charge is 0.479 e. The van der Waals surface area contributed by atoms with Crippen LogP contribution in [0.25, 0.3) is 28.2 Å². The molecule has 0 amide bonds. The second-order valence-corrected chi connectivity index (χ2v) is 7.53. The molecule has 0 N–H and O–H groups in total. The van der Waals surface area contributed by atoms with Crippen LogP contribution in [0.2, 0.25) is 0 Å². The van der Waals surface area contributed by atoms with Crippen molar-refractivity contribution in [2.75, 3.05) is 31.8 Å². The van der Waals surface area contributed by atoms with Crippen molar-refractivity contribution in [1.29, 1.82) is 0 Å². The van der Waals surface area contributed by atoms with E-state index in [9.17, 15) is 0 Å². The summed E-state index contributed by atoms with van der Waals surface area (Å²) in [5.74, 6) is 1.82. The first-order valence-electron chi connectivity index (χ1n) is 10.5. The number of aromatic nitrogens is 6. The minimum Gasteiger partial charge on any atom is -0.479 e. The number of hydrogen-bond acceptors (Lipinski definition) is 7. The Morgan fingerprint density at radius 1 is 1.19 bits per heavy atom. The summed E-state index contributed by atoms with van der Waals surface area (Å²) in [5.41, 5.74) is 3.49. The number of aryl methyl sites for hydroxylation is 1. The molecule has 5 rings (SSSR count). The van der Waals surface area contributed by atoms with E-state index in [1.807, 2.05) is 47.4 Å². The maximum atomic E-state index is 5.62. The molecule has 0 saturated carbocycles. The molecule has 4 heterocycles. The smallest absolute Gasteiger partial charge is 0.254 e. The predicted octanol–water partition coefficient (Wildman–Crippen LogP) is 2.93. The maximum Gasteiger partial charge on any atom is 0.254 e. The van der Waals surface area contributed by atoms with Gasteiger partial charge < -0.3 is 18.9 Å². The lowest BCUT2D eigenvalue weighted by Crippen LogP contribution is -2.44. The van der Waals surface area contributed by atoms with Gasteiger partial charge in [-0.25, -0.2) is 9.67 Å². The van der Waals surface area contributed by atoms with E-state index in [0.717, 1.165) is 41.2 Å². The van der Waals surface area contributed by atoms with E-state index in [1.165, 1.54) is 0 Å². The zero-order valence-electron chi connectivity index (χ0n) is 17.9. The number of morpholine rings is 1. The SMILES string of the molecule is CCn1cnc2c(N3CCOC[C@H]3C)nc(-n3cc(-c4ccccc4)c(OC)n3)nc21. The molecular formula is C22H25N7O2. The summed E-state index contributed by atoms with van der Waals surface area (Å²) in [6.07, 6.45) is 3.73. The Morgan fingerprint density at radius 2 is 2.03 bits per heavy atom. The Hall–Kier alpha value is -3.46. The predicted molar refractivity (Wildman–Crippen MR) is 118 cm³/mol. The third-order valence-corrected chi connectivity index (χ3v) is 5.58. The Kier molecular flexibility index (Phi) is 5.03. The summed E-state index contributed by atoms with van der Waals surface area (Å²) in [6, 6.07) is 10.2. The molecule has 4 aromatic rings. The molecule has 9 nitrogen and oxygen atoms in total. The molecule has 9 heteroatoms. The number of fused-ring (bicyclic) bond motifs is 1. The average Bonchev–Trinajstić information content (AvgIpc) is 3.43. The van der Waals surface area contributed by atoms with Crippen LogP contribution in [0.3, 0.4) is 0 Å². The molecular weight excluding hydrogens is 394 g/mol. The minimum atomic E-state index is 0.193. The van der Waals surface area contributed by atoms with Crippen molar-refractivity contribution in [1.82, 2.24) is 29.3 Å². The van der Waals surface area contributed by atoms with Crippen molar-refractivity contribution in [3.8, 4) is 23.0 Å². The van der Waals surface area contributed by atoms with Crippen molar-refractivity contribution in [3.05, 3.63) is 42.9 Å². The first-order valence-corrected chi connectivity index (χ1v) is 10.5. The van der Waals surface area contributed by atoms with Gasteiger partial charge in [0.2, 0.25) is 5.88 Å². The Balaban J connectivity index is 1.68. The number of nitrogens with zero attached hydrogens (tertiary/aromatic N) is 7. The molecule has 1 aliphatic rings. The van der Waals surface area contributed by atoms with Crippen LogP contribution in [0.15, 0.2) is 42.9 Å². The molecule has 1 aromatic carbocycles. The zero-order chi connectivity index (χ0) is 21.4. The Morgan fingerprint density at radius 3 is 2.77 bits per heavy atom. The number of hydrogen-bond donors (Lipinski definition) is 0. The van der Waals surface area contributed by atoms with Gasteiger partial charge in [-0.2, -0.15) is 9.97 Å². The van der Waals surface area contributed by atoms with Gasteiger partial charge in [0.15, 0.2) is 17.0 Å². The quantitative estimate of drug-likeness (QED) is 0.492. The third kappa shape index (κ3) is 3.40. The molecule has 0 unspecified atom stereocenters. The van der Waals surface area contributed by atoms with E-state index in [-0.39, 0.29) is 6.04 Å². The van der Waals surface area contributed by atoms with Crippen LogP contribution in [0.1, 0.15) is 13.8 Å². The van der Waals surface area contributed by atoms with E-state index in [0.29, 0.717) is 25.0 Å². The van der Waals surface area contributed by atoms with Crippen molar-refractivity contribution >= 4 is 17.0 Å². The first-order chi connectivity index (χ1) is 15.2. The number of anilines is 1. The maximum absolute atomic E-state index is 5.62. The van der Waals surface area contributed by atoms with E-state index >= 15 is 0 Å². The van der Waals surface area contributed by atoms with Crippen molar-refractivity contribution < 1.29 is 9.47 Å². The van der Waals surface area contributed by atoms with Gasteiger partial charge in [0.05, 0.1) is 38.3 Å². The second-order valence-electron chi connectivity index (χ2n) is 7.53. The summed E-state index contributed by atoms with van der Waals surface area (Å²) in [7, 11) is 1.62. The molecule has 0 radical (unpaired) electrons. The molecule has 31 heavy (non-hydrogen) atoms. The third-order valence-electron chi connectivity index (χ3n) is 5.58. The van der Waals surface area contributed by atoms with Crippen LogP contribution < -0.4 is 9.64 Å². The van der Waals surface area contributed by atoms with E-state index in [1.54, 1.807) is 11.8 Å². The van der Waals surface area contributed by atoms with Crippen LogP contribution in [-0.4, -0.2) is 62.2 Å². The van der Waals surface area contributed by atoms with Crippen molar-refractivity contribution in [3.63, 3.8) is 0 Å². The number of rotatable bonds is 5. The van der Waals surface area contributed by atoms with E-state index in [2.05, 4.69) is 28.8 Å². The topological polar surface area (TPSA) is 83.1 Å². The highest BCUT2D eigenvalue weighted by Crippen LogP contribution is 2.31. The number of benzene rings is 1. The van der Waals surface area contributed by atoms with Crippen LogP contribution >= 0.6 is 0 Å². The molecule has 0 aliphatic carbocycles. The van der Waals surface area contributed by atoms with Gasteiger partial charge in [-0.1, -0.05) is 30.3 Å². The highest BCUT2D eigenvalue weighted by Gasteiger charge is 2.26. The lowest BCUT2D eigenvalue weighted by Gasteiger charge is -2.34. The standard InChI is InChI=1S/C22H25N7O2/c1-4-27-14-23-18-19(27)24-22(25-20(18)28-10-11-31-13-15(28)2)29-12-17(21(26-29)30-3)16-8-6-5-7-9-16/h5-9,12,14-15H,4,10-11,13H2,1-3H3/t15-/m1/s1. The fourth-order valence-electron chi connectivity index (χ4n) is 3.92. The number of imidazole rings is 1. The minimum absolute atomic E-state index is 0.193. The van der Waals surface area contributed by atoms with Gasteiger partial charge in [-0.15, -0.1) is 5.10 Å². The summed E-state index contributed by atoms with van der Waals surface area (Å²) in [6.45, 7) is 7.04. The van der Waals surface area contributed by atoms with E-state index < -0.39 is 0 Å². The fourth-order valence-corrected chi connectivity index (χ4v) is 3.92. The molecule has 3 aromatic heterocycles. The molecule has 1 fully saturated rings. The molecule has 0 bridgehead atoms. The summed E-state index contributed by atoms with van der Waals surface area (Å²) >= 11 is 0. The normalized spacial score (nSPS) is 16.7. The molecule has 1 aliphatic heterocycles. The van der Waals surface area contributed by atoms with Crippen LogP contribution in [-0.2, 0) is 11.3 Å². The lowest BCUT2D eigenvalue weighted by molar-refractivity contribution is 0.0986. The second kappa shape index (κ2) is 7.99. The lowest BCUT2D eigenvalue weighted by atomic mass is 10.1. The molecule has 1 atom stereocenters. The van der Waals surface area contributed by atoms with Crippen LogP contribution in [0.5, 0.6) is 5.88 Å². The van der Waals surface area contributed by atoms with Gasteiger partial charge in [0.1, 0.15) is 0 Å². The monoisotopic (exact) mass is 419 g/mol. The molecule has 0 spiro atoms. The average molecular weight is 419 g/mol.